The zero-order valence-corrected chi connectivity index (χ0v) is 8.27. The minimum absolute atomic E-state index is 1.05. The lowest BCUT2D eigenvalue weighted by molar-refractivity contribution is 0.686. The Labute approximate surface area is 80.0 Å². The van der Waals surface area contributed by atoms with Crippen LogP contribution in [0, 0.1) is 0 Å². The molecule has 1 heteroatoms. The maximum atomic E-state index is 6.11. The van der Waals surface area contributed by atoms with Crippen molar-refractivity contribution >= 4 is 5.69 Å². The molecule has 0 spiro atoms. The number of benzene rings is 1. The number of rotatable bonds is 1. The van der Waals surface area contributed by atoms with Crippen molar-refractivity contribution in [3.8, 4) is 0 Å². The molecule has 0 amide bonds. The molecule has 0 unspecified atom stereocenters. The first-order valence-corrected chi connectivity index (χ1v) is 5.22. The van der Waals surface area contributed by atoms with Crippen molar-refractivity contribution in [3.63, 3.8) is 0 Å². The molecule has 0 saturated carbocycles. The van der Waals surface area contributed by atoms with Gasteiger partial charge in [0.1, 0.15) is 0 Å². The molecule has 13 heavy (non-hydrogen) atoms. The van der Waals surface area contributed by atoms with Gasteiger partial charge in [-0.1, -0.05) is 19.1 Å². The molecule has 0 fully saturated rings. The fourth-order valence-electron chi connectivity index (χ4n) is 2.21. The standard InChI is InChI=1S/C12H17N/c1-2-9-7-8-10-5-3-4-6-11(10)12(9)13/h7-8H,2-6,13H2,1H3. The van der Waals surface area contributed by atoms with E-state index in [1.165, 1.54) is 42.4 Å². The molecular weight excluding hydrogens is 158 g/mol. The smallest absolute Gasteiger partial charge is 0.0381 e. The molecule has 2 N–H and O–H groups in total. The van der Waals surface area contributed by atoms with Gasteiger partial charge < -0.3 is 5.73 Å². The molecule has 0 heterocycles. The molecule has 0 atom stereocenters. The second-order valence-electron chi connectivity index (χ2n) is 3.84. The summed E-state index contributed by atoms with van der Waals surface area (Å²) in [5.41, 5.74) is 11.4. The highest BCUT2D eigenvalue weighted by molar-refractivity contribution is 5.57. The molecular formula is C12H17N. The van der Waals surface area contributed by atoms with E-state index in [0.29, 0.717) is 0 Å². The number of fused-ring (bicyclic) bond motifs is 1. The summed E-state index contributed by atoms with van der Waals surface area (Å²) < 4.78 is 0. The monoisotopic (exact) mass is 175 g/mol. The van der Waals surface area contributed by atoms with Crippen LogP contribution in [0.4, 0.5) is 5.69 Å². The first-order chi connectivity index (χ1) is 6.33. The topological polar surface area (TPSA) is 26.0 Å². The molecule has 0 aliphatic heterocycles. The van der Waals surface area contributed by atoms with Crippen molar-refractivity contribution in [2.75, 3.05) is 5.73 Å². The SMILES string of the molecule is CCc1ccc2c(c1N)CCCC2. The van der Waals surface area contributed by atoms with Crippen molar-refractivity contribution < 1.29 is 0 Å². The van der Waals surface area contributed by atoms with Gasteiger partial charge in [-0.15, -0.1) is 0 Å². The summed E-state index contributed by atoms with van der Waals surface area (Å²) >= 11 is 0. The first kappa shape index (κ1) is 8.61. The summed E-state index contributed by atoms with van der Waals surface area (Å²) in [5.74, 6) is 0. The Morgan fingerprint density at radius 1 is 1.23 bits per heavy atom. The van der Waals surface area contributed by atoms with Gasteiger partial charge in [-0.2, -0.15) is 0 Å². The minimum atomic E-state index is 1.05. The van der Waals surface area contributed by atoms with E-state index >= 15 is 0 Å². The molecule has 1 aliphatic carbocycles. The van der Waals surface area contributed by atoms with E-state index < -0.39 is 0 Å². The Morgan fingerprint density at radius 3 is 2.77 bits per heavy atom. The van der Waals surface area contributed by atoms with Crippen LogP contribution in [0.5, 0.6) is 0 Å². The zero-order chi connectivity index (χ0) is 9.26. The van der Waals surface area contributed by atoms with Gasteiger partial charge in [0.05, 0.1) is 0 Å². The normalized spacial score (nSPS) is 15.5. The molecule has 0 saturated heterocycles. The average molecular weight is 175 g/mol. The Balaban J connectivity index is 2.48. The summed E-state index contributed by atoms with van der Waals surface area (Å²) in [6, 6.07) is 4.46. The molecule has 0 bridgehead atoms. The zero-order valence-electron chi connectivity index (χ0n) is 8.27. The molecule has 0 radical (unpaired) electrons. The Morgan fingerprint density at radius 2 is 2.00 bits per heavy atom. The van der Waals surface area contributed by atoms with Gasteiger partial charge in [-0.05, 0) is 48.8 Å². The maximum Gasteiger partial charge on any atom is 0.0381 e. The van der Waals surface area contributed by atoms with Crippen LogP contribution in [0.3, 0.4) is 0 Å². The van der Waals surface area contributed by atoms with Crippen molar-refractivity contribution in [2.24, 2.45) is 0 Å². The van der Waals surface area contributed by atoms with E-state index in [-0.39, 0.29) is 0 Å². The molecule has 1 aromatic rings. The Bertz CT molecular complexity index is 315. The molecule has 0 aromatic heterocycles. The van der Waals surface area contributed by atoms with Crippen LogP contribution in [0.2, 0.25) is 0 Å². The number of anilines is 1. The number of nitrogens with two attached hydrogens (primary N) is 1. The van der Waals surface area contributed by atoms with Crippen LogP contribution in [0.25, 0.3) is 0 Å². The van der Waals surface area contributed by atoms with Gasteiger partial charge in [-0.25, -0.2) is 0 Å². The van der Waals surface area contributed by atoms with E-state index in [2.05, 4.69) is 19.1 Å². The van der Waals surface area contributed by atoms with E-state index in [1.807, 2.05) is 0 Å². The molecule has 1 aromatic carbocycles. The lowest BCUT2D eigenvalue weighted by atomic mass is 9.88. The number of nitrogen functional groups attached to an aromatic ring is 1. The van der Waals surface area contributed by atoms with E-state index in [4.69, 9.17) is 5.73 Å². The molecule has 70 valence electrons. The highest BCUT2D eigenvalue weighted by atomic mass is 14.6. The van der Waals surface area contributed by atoms with Crippen molar-refractivity contribution in [1.82, 2.24) is 0 Å². The van der Waals surface area contributed by atoms with E-state index in [9.17, 15) is 0 Å². The third-order valence-electron chi connectivity index (χ3n) is 3.05. The fraction of sp³-hybridized carbons (Fsp3) is 0.500. The summed E-state index contributed by atoms with van der Waals surface area (Å²) in [6.45, 7) is 2.17. The maximum absolute atomic E-state index is 6.11. The van der Waals surface area contributed by atoms with Gasteiger partial charge >= 0.3 is 0 Å². The molecule has 1 aliphatic rings. The average Bonchev–Trinajstić information content (AvgIpc) is 2.19. The van der Waals surface area contributed by atoms with Gasteiger partial charge in [0.2, 0.25) is 0 Å². The number of hydrogen-bond donors (Lipinski definition) is 1. The minimum Gasteiger partial charge on any atom is -0.398 e. The summed E-state index contributed by atoms with van der Waals surface area (Å²) in [7, 11) is 0. The van der Waals surface area contributed by atoms with Crippen LogP contribution in [0.15, 0.2) is 12.1 Å². The van der Waals surface area contributed by atoms with Gasteiger partial charge in [0.15, 0.2) is 0 Å². The lowest BCUT2D eigenvalue weighted by Gasteiger charge is -2.19. The summed E-state index contributed by atoms with van der Waals surface area (Å²) in [5, 5.41) is 0. The van der Waals surface area contributed by atoms with Crippen LogP contribution in [0.1, 0.15) is 36.5 Å². The Kier molecular flexibility index (Phi) is 2.26. The second kappa shape index (κ2) is 3.41. The largest absolute Gasteiger partial charge is 0.398 e. The van der Waals surface area contributed by atoms with Crippen LogP contribution < -0.4 is 5.73 Å². The number of hydrogen-bond acceptors (Lipinski definition) is 1. The van der Waals surface area contributed by atoms with E-state index in [1.54, 1.807) is 0 Å². The Hall–Kier alpha value is -0.980. The predicted molar refractivity (Wildman–Crippen MR) is 56.9 cm³/mol. The van der Waals surface area contributed by atoms with Gasteiger partial charge in [0.25, 0.3) is 0 Å². The second-order valence-corrected chi connectivity index (χ2v) is 3.84. The molecule has 2 rings (SSSR count). The predicted octanol–water partition coefficient (Wildman–Crippen LogP) is 2.71. The third kappa shape index (κ3) is 1.43. The van der Waals surface area contributed by atoms with Crippen LogP contribution >= 0.6 is 0 Å². The summed E-state index contributed by atoms with van der Waals surface area (Å²) in [6.07, 6.45) is 6.11. The quantitative estimate of drug-likeness (QED) is 0.652. The summed E-state index contributed by atoms with van der Waals surface area (Å²) in [4.78, 5) is 0. The van der Waals surface area contributed by atoms with Crippen molar-refractivity contribution in [1.29, 1.82) is 0 Å². The highest BCUT2D eigenvalue weighted by Crippen LogP contribution is 2.28. The van der Waals surface area contributed by atoms with E-state index in [0.717, 1.165) is 12.1 Å². The van der Waals surface area contributed by atoms with Gasteiger partial charge in [-0.3, -0.25) is 0 Å². The van der Waals surface area contributed by atoms with Gasteiger partial charge in [0, 0.05) is 5.69 Å². The van der Waals surface area contributed by atoms with Crippen molar-refractivity contribution in [2.45, 2.75) is 39.0 Å². The first-order valence-electron chi connectivity index (χ1n) is 5.22. The van der Waals surface area contributed by atoms with Crippen molar-refractivity contribution in [3.05, 3.63) is 28.8 Å². The lowest BCUT2D eigenvalue weighted by Crippen LogP contribution is -2.08. The fourth-order valence-corrected chi connectivity index (χ4v) is 2.21. The third-order valence-corrected chi connectivity index (χ3v) is 3.05. The number of aryl methyl sites for hydroxylation is 2. The van der Waals surface area contributed by atoms with Crippen LogP contribution in [-0.2, 0) is 19.3 Å². The van der Waals surface area contributed by atoms with Crippen LogP contribution in [-0.4, -0.2) is 0 Å². The molecule has 1 nitrogen and oxygen atoms in total. The highest BCUT2D eigenvalue weighted by Gasteiger charge is 2.13.